The van der Waals surface area contributed by atoms with Crippen LogP contribution in [0.15, 0.2) is 48.5 Å². The van der Waals surface area contributed by atoms with E-state index < -0.39 is 0 Å². The fraction of sp³-hybridized carbons (Fsp3) is 0.348. The van der Waals surface area contributed by atoms with Gasteiger partial charge in [0.2, 0.25) is 5.95 Å². The van der Waals surface area contributed by atoms with Crippen molar-refractivity contribution in [3.63, 3.8) is 0 Å². The van der Waals surface area contributed by atoms with Crippen molar-refractivity contribution >= 4 is 40.2 Å². The molecule has 0 spiro atoms. The van der Waals surface area contributed by atoms with E-state index in [9.17, 15) is 4.79 Å². The summed E-state index contributed by atoms with van der Waals surface area (Å²) in [6.45, 7) is 0. The van der Waals surface area contributed by atoms with Gasteiger partial charge in [0.15, 0.2) is 0 Å². The van der Waals surface area contributed by atoms with E-state index >= 15 is 0 Å². The fourth-order valence-electron chi connectivity index (χ4n) is 3.94. The van der Waals surface area contributed by atoms with Gasteiger partial charge in [-0.05, 0) is 49.9 Å². The lowest BCUT2D eigenvalue weighted by atomic mass is 9.91. The number of nitrogens with one attached hydrogen (secondary N) is 2. The molecule has 156 valence electrons. The molecule has 0 radical (unpaired) electrons. The molecular formula is C23H26ClN5O. The average molecular weight is 424 g/mol. The second kappa shape index (κ2) is 8.88. The summed E-state index contributed by atoms with van der Waals surface area (Å²) in [6.07, 6.45) is 3.70. The van der Waals surface area contributed by atoms with Crippen LogP contribution >= 0.6 is 11.6 Å². The van der Waals surface area contributed by atoms with Gasteiger partial charge in [0.05, 0.1) is 16.1 Å². The molecule has 0 saturated heterocycles. The minimum absolute atomic E-state index is 0.106. The Morgan fingerprint density at radius 3 is 2.37 bits per heavy atom. The number of benzene rings is 2. The number of anilines is 2. The van der Waals surface area contributed by atoms with Crippen molar-refractivity contribution < 1.29 is 4.79 Å². The van der Waals surface area contributed by atoms with Crippen LogP contribution in [0, 0.1) is 0 Å². The summed E-state index contributed by atoms with van der Waals surface area (Å²) < 4.78 is 0. The summed E-state index contributed by atoms with van der Waals surface area (Å²) in [5.74, 6) is 1.45. The van der Waals surface area contributed by atoms with Crippen molar-refractivity contribution in [2.24, 2.45) is 0 Å². The minimum Gasteiger partial charge on any atom is -0.362 e. The average Bonchev–Trinajstić information content (AvgIpc) is 2.74. The van der Waals surface area contributed by atoms with Crippen LogP contribution < -0.4 is 15.5 Å². The van der Waals surface area contributed by atoms with Gasteiger partial charge in [0.25, 0.3) is 5.91 Å². The monoisotopic (exact) mass is 423 g/mol. The van der Waals surface area contributed by atoms with Gasteiger partial charge in [-0.25, -0.2) is 4.98 Å². The Morgan fingerprint density at radius 1 is 0.967 bits per heavy atom. The molecule has 0 bridgehead atoms. The molecule has 1 aliphatic rings. The SMILES string of the molecule is CN(C)c1nc(NC2CCC(NC(=O)c3ccccc3Cl)CC2)nc2ccccc12. The summed E-state index contributed by atoms with van der Waals surface area (Å²) in [4.78, 5) is 23.9. The van der Waals surface area contributed by atoms with Gasteiger partial charge in [-0.3, -0.25) is 4.79 Å². The number of nitrogens with zero attached hydrogens (tertiary/aromatic N) is 3. The number of para-hydroxylation sites is 1. The summed E-state index contributed by atoms with van der Waals surface area (Å²) in [5, 5.41) is 8.14. The summed E-state index contributed by atoms with van der Waals surface area (Å²) in [7, 11) is 3.98. The quantitative estimate of drug-likeness (QED) is 0.632. The van der Waals surface area contributed by atoms with E-state index in [1.54, 1.807) is 12.1 Å². The molecular weight excluding hydrogens is 398 g/mol. The number of amides is 1. The smallest absolute Gasteiger partial charge is 0.253 e. The fourth-order valence-corrected chi connectivity index (χ4v) is 4.16. The van der Waals surface area contributed by atoms with Gasteiger partial charge in [-0.15, -0.1) is 0 Å². The molecule has 0 atom stereocenters. The van der Waals surface area contributed by atoms with Crippen molar-refractivity contribution in [3.8, 4) is 0 Å². The molecule has 1 amide bonds. The van der Waals surface area contributed by atoms with E-state index in [2.05, 4.69) is 10.6 Å². The lowest BCUT2D eigenvalue weighted by Crippen LogP contribution is -2.40. The lowest BCUT2D eigenvalue weighted by Gasteiger charge is -2.30. The molecule has 3 aromatic rings. The molecule has 0 aliphatic heterocycles. The van der Waals surface area contributed by atoms with E-state index in [0.29, 0.717) is 16.5 Å². The Morgan fingerprint density at radius 2 is 1.63 bits per heavy atom. The highest BCUT2D eigenvalue weighted by atomic mass is 35.5. The molecule has 1 heterocycles. The third-order valence-electron chi connectivity index (χ3n) is 5.52. The number of carbonyl (C=O) groups excluding carboxylic acids is 1. The standard InChI is InChI=1S/C23H26ClN5O/c1-29(2)21-18-8-4-6-10-20(18)27-23(28-21)26-16-13-11-15(12-14-16)25-22(30)17-7-3-5-9-19(17)24/h3-10,15-16H,11-14H2,1-2H3,(H,25,30)(H,26,27,28). The van der Waals surface area contributed by atoms with Crippen LogP contribution in [0.3, 0.4) is 0 Å². The highest BCUT2D eigenvalue weighted by Crippen LogP contribution is 2.26. The summed E-state index contributed by atoms with van der Waals surface area (Å²) in [6, 6.07) is 15.6. The predicted octanol–water partition coefficient (Wildman–Crippen LogP) is 4.50. The number of carbonyl (C=O) groups is 1. The maximum absolute atomic E-state index is 12.5. The van der Waals surface area contributed by atoms with E-state index in [1.165, 1.54) is 0 Å². The van der Waals surface area contributed by atoms with E-state index in [0.717, 1.165) is 42.4 Å². The second-order valence-corrected chi connectivity index (χ2v) is 8.34. The van der Waals surface area contributed by atoms with Crippen LogP contribution in [-0.2, 0) is 0 Å². The van der Waals surface area contributed by atoms with E-state index in [4.69, 9.17) is 21.6 Å². The van der Waals surface area contributed by atoms with Gasteiger partial charge in [0.1, 0.15) is 5.82 Å². The largest absolute Gasteiger partial charge is 0.362 e. The first kappa shape index (κ1) is 20.4. The van der Waals surface area contributed by atoms with Gasteiger partial charge < -0.3 is 15.5 Å². The topological polar surface area (TPSA) is 70.2 Å². The zero-order valence-corrected chi connectivity index (χ0v) is 18.0. The van der Waals surface area contributed by atoms with Crippen LogP contribution in [0.5, 0.6) is 0 Å². The molecule has 7 heteroatoms. The summed E-state index contributed by atoms with van der Waals surface area (Å²) in [5.41, 5.74) is 1.46. The zero-order valence-electron chi connectivity index (χ0n) is 17.2. The molecule has 1 saturated carbocycles. The second-order valence-electron chi connectivity index (χ2n) is 7.93. The number of fused-ring (bicyclic) bond motifs is 1. The molecule has 2 N–H and O–H groups in total. The van der Waals surface area contributed by atoms with E-state index in [-0.39, 0.29) is 18.0 Å². The number of hydrogen-bond donors (Lipinski definition) is 2. The molecule has 1 fully saturated rings. The number of halogens is 1. The maximum Gasteiger partial charge on any atom is 0.253 e. The van der Waals surface area contributed by atoms with Gasteiger partial charge in [0, 0.05) is 31.6 Å². The maximum atomic E-state index is 12.5. The van der Waals surface area contributed by atoms with Crippen molar-refractivity contribution in [2.45, 2.75) is 37.8 Å². The molecule has 6 nitrogen and oxygen atoms in total. The molecule has 0 unspecified atom stereocenters. The number of aromatic nitrogens is 2. The highest BCUT2D eigenvalue weighted by Gasteiger charge is 2.24. The Bertz CT molecular complexity index is 1050. The van der Waals surface area contributed by atoms with Crippen LogP contribution in [0.25, 0.3) is 10.9 Å². The Hall–Kier alpha value is -2.86. The van der Waals surface area contributed by atoms with Crippen molar-refractivity contribution in [3.05, 3.63) is 59.1 Å². The molecule has 30 heavy (non-hydrogen) atoms. The molecule has 4 rings (SSSR count). The molecule has 2 aromatic carbocycles. The highest BCUT2D eigenvalue weighted by molar-refractivity contribution is 6.33. The predicted molar refractivity (Wildman–Crippen MR) is 122 cm³/mol. The lowest BCUT2D eigenvalue weighted by molar-refractivity contribution is 0.0926. The number of rotatable bonds is 5. The Balaban J connectivity index is 1.38. The van der Waals surface area contributed by atoms with Gasteiger partial charge in [-0.2, -0.15) is 4.98 Å². The van der Waals surface area contributed by atoms with Crippen molar-refractivity contribution in [2.75, 3.05) is 24.3 Å². The molecule has 1 aromatic heterocycles. The van der Waals surface area contributed by atoms with Crippen LogP contribution in [-0.4, -0.2) is 42.1 Å². The van der Waals surface area contributed by atoms with Gasteiger partial charge in [-0.1, -0.05) is 35.9 Å². The zero-order chi connectivity index (χ0) is 21.1. The van der Waals surface area contributed by atoms with Crippen molar-refractivity contribution in [1.29, 1.82) is 0 Å². The van der Waals surface area contributed by atoms with Gasteiger partial charge >= 0.3 is 0 Å². The van der Waals surface area contributed by atoms with Crippen LogP contribution in [0.4, 0.5) is 11.8 Å². The number of hydrogen-bond acceptors (Lipinski definition) is 5. The van der Waals surface area contributed by atoms with Crippen LogP contribution in [0.1, 0.15) is 36.0 Å². The first-order valence-electron chi connectivity index (χ1n) is 10.3. The first-order valence-corrected chi connectivity index (χ1v) is 10.6. The van der Waals surface area contributed by atoms with E-state index in [1.807, 2.05) is 55.4 Å². The third-order valence-corrected chi connectivity index (χ3v) is 5.85. The molecule has 1 aliphatic carbocycles. The van der Waals surface area contributed by atoms with Crippen LogP contribution in [0.2, 0.25) is 5.02 Å². The Labute approximate surface area is 181 Å². The third kappa shape index (κ3) is 4.49. The summed E-state index contributed by atoms with van der Waals surface area (Å²) >= 11 is 6.14. The minimum atomic E-state index is -0.106. The first-order chi connectivity index (χ1) is 14.5. The van der Waals surface area contributed by atoms with Crippen molar-refractivity contribution in [1.82, 2.24) is 15.3 Å². The normalized spacial score (nSPS) is 18.8. The Kier molecular flexibility index (Phi) is 6.04.